The third-order valence-corrected chi connectivity index (χ3v) is 3.48. The number of carbonyl (C=O) groups is 2. The number of nitrogens with one attached hydrogen (secondary N) is 1. The molecule has 0 saturated carbocycles. The summed E-state index contributed by atoms with van der Waals surface area (Å²) >= 11 is 3.33. The van der Waals surface area contributed by atoms with Gasteiger partial charge in [-0.25, -0.2) is 0 Å². The average molecular weight is 352 g/mol. The number of carbonyl (C=O) groups excluding carboxylic acids is 1. The second-order valence-corrected chi connectivity index (χ2v) is 5.28. The Morgan fingerprint density at radius 3 is 2.81 bits per heavy atom. The van der Waals surface area contributed by atoms with Gasteiger partial charge in [-0.1, -0.05) is 12.1 Å². The minimum atomic E-state index is -0.829. The molecule has 1 heterocycles. The number of carboxylic acid groups (broad SMARTS) is 1. The number of rotatable bonds is 6. The van der Waals surface area contributed by atoms with Gasteiger partial charge in [0.15, 0.2) is 0 Å². The van der Waals surface area contributed by atoms with Crippen molar-refractivity contribution in [3.63, 3.8) is 0 Å². The van der Waals surface area contributed by atoms with Crippen LogP contribution in [0.3, 0.4) is 0 Å². The molecule has 0 bridgehead atoms. The smallest absolute Gasteiger partial charge is 0.303 e. The van der Waals surface area contributed by atoms with Crippen LogP contribution in [-0.2, 0) is 11.3 Å². The van der Waals surface area contributed by atoms with Gasteiger partial charge in [-0.05, 0) is 34.5 Å². The fourth-order valence-corrected chi connectivity index (χ4v) is 2.25. The number of aliphatic carboxylic acids is 1. The molecule has 21 heavy (non-hydrogen) atoms. The normalized spacial score (nSPS) is 10.3. The molecular weight excluding hydrogens is 338 g/mol. The van der Waals surface area contributed by atoms with Crippen LogP contribution in [0.15, 0.2) is 41.1 Å². The van der Waals surface area contributed by atoms with Crippen molar-refractivity contribution in [2.75, 3.05) is 5.32 Å². The molecule has 0 atom stereocenters. The van der Waals surface area contributed by atoms with Crippen LogP contribution in [0.4, 0.5) is 5.69 Å². The van der Waals surface area contributed by atoms with Crippen LogP contribution < -0.4 is 5.32 Å². The summed E-state index contributed by atoms with van der Waals surface area (Å²) in [7, 11) is 0. The third-order valence-electron chi connectivity index (χ3n) is 2.79. The zero-order valence-electron chi connectivity index (χ0n) is 11.1. The highest BCUT2D eigenvalue weighted by molar-refractivity contribution is 9.10. The van der Waals surface area contributed by atoms with Gasteiger partial charge in [-0.15, -0.1) is 0 Å². The highest BCUT2D eigenvalue weighted by Crippen LogP contribution is 2.17. The predicted molar refractivity (Wildman–Crippen MR) is 81.2 cm³/mol. The molecule has 1 amide bonds. The topological polar surface area (TPSA) is 84.2 Å². The van der Waals surface area contributed by atoms with E-state index in [1.807, 2.05) is 6.07 Å². The number of aromatic nitrogens is 2. The lowest BCUT2D eigenvalue weighted by Crippen LogP contribution is -2.12. The Morgan fingerprint density at radius 1 is 1.33 bits per heavy atom. The first kappa shape index (κ1) is 15.2. The molecule has 0 radical (unpaired) electrons. The van der Waals surface area contributed by atoms with Crippen molar-refractivity contribution in [2.24, 2.45) is 0 Å². The van der Waals surface area contributed by atoms with Crippen LogP contribution in [0, 0.1) is 0 Å². The second kappa shape index (κ2) is 7.03. The van der Waals surface area contributed by atoms with Gasteiger partial charge in [0.25, 0.3) is 5.91 Å². The van der Waals surface area contributed by atoms with Crippen molar-refractivity contribution in [3.8, 4) is 0 Å². The van der Waals surface area contributed by atoms with Crippen LogP contribution in [-0.4, -0.2) is 26.8 Å². The van der Waals surface area contributed by atoms with E-state index in [1.54, 1.807) is 29.1 Å². The largest absolute Gasteiger partial charge is 0.481 e. The number of benzene rings is 1. The van der Waals surface area contributed by atoms with Crippen molar-refractivity contribution >= 4 is 33.5 Å². The number of amides is 1. The Hall–Kier alpha value is -2.15. The van der Waals surface area contributed by atoms with E-state index in [0.717, 1.165) is 4.47 Å². The van der Waals surface area contributed by atoms with Gasteiger partial charge < -0.3 is 10.4 Å². The lowest BCUT2D eigenvalue weighted by atomic mass is 10.2. The third kappa shape index (κ3) is 4.42. The molecule has 2 rings (SSSR count). The van der Waals surface area contributed by atoms with Gasteiger partial charge >= 0.3 is 5.97 Å². The standard InChI is InChI=1S/C14H14BrN3O3/c15-12-5-2-1-4-11(12)14(21)17-10-8-16-18(9-10)7-3-6-13(19)20/h1-2,4-5,8-9H,3,6-7H2,(H,17,21)(H,19,20). The molecule has 110 valence electrons. The summed E-state index contributed by atoms with van der Waals surface area (Å²) in [6, 6.07) is 7.14. The van der Waals surface area contributed by atoms with Crippen LogP contribution in [0.25, 0.3) is 0 Å². The number of aryl methyl sites for hydroxylation is 1. The molecule has 0 aliphatic rings. The molecule has 0 unspecified atom stereocenters. The molecule has 0 aliphatic carbocycles. The van der Waals surface area contributed by atoms with Crippen LogP contribution in [0.1, 0.15) is 23.2 Å². The zero-order valence-corrected chi connectivity index (χ0v) is 12.7. The van der Waals surface area contributed by atoms with Crippen molar-refractivity contribution in [1.82, 2.24) is 9.78 Å². The van der Waals surface area contributed by atoms with Crippen molar-refractivity contribution in [3.05, 3.63) is 46.7 Å². The Labute approximate surface area is 129 Å². The highest BCUT2D eigenvalue weighted by atomic mass is 79.9. The maximum absolute atomic E-state index is 12.1. The first-order valence-electron chi connectivity index (χ1n) is 6.36. The lowest BCUT2D eigenvalue weighted by molar-refractivity contribution is -0.137. The van der Waals surface area contributed by atoms with E-state index in [-0.39, 0.29) is 12.3 Å². The number of carboxylic acids is 1. The van der Waals surface area contributed by atoms with Gasteiger partial charge in [0.05, 0.1) is 17.4 Å². The van der Waals surface area contributed by atoms with Gasteiger partial charge in [-0.3, -0.25) is 14.3 Å². The molecule has 0 aliphatic heterocycles. The van der Waals surface area contributed by atoms with E-state index in [2.05, 4.69) is 26.3 Å². The predicted octanol–water partition coefficient (Wildman–Crippen LogP) is 2.76. The average Bonchev–Trinajstić information content (AvgIpc) is 2.86. The summed E-state index contributed by atoms with van der Waals surface area (Å²) in [6.45, 7) is 0.497. The molecule has 7 heteroatoms. The zero-order chi connectivity index (χ0) is 15.2. The second-order valence-electron chi connectivity index (χ2n) is 4.42. The first-order chi connectivity index (χ1) is 10.1. The quantitative estimate of drug-likeness (QED) is 0.837. The Bertz CT molecular complexity index is 654. The van der Waals surface area contributed by atoms with Gasteiger partial charge in [-0.2, -0.15) is 5.10 Å². The van der Waals surface area contributed by atoms with Crippen LogP contribution in [0.5, 0.6) is 0 Å². The molecule has 1 aromatic heterocycles. The number of nitrogens with zero attached hydrogens (tertiary/aromatic N) is 2. The van der Waals surface area contributed by atoms with E-state index < -0.39 is 5.97 Å². The summed E-state index contributed by atoms with van der Waals surface area (Å²) in [6.07, 6.45) is 3.80. The monoisotopic (exact) mass is 351 g/mol. The molecule has 6 nitrogen and oxygen atoms in total. The van der Waals surface area contributed by atoms with Gasteiger partial charge in [0.1, 0.15) is 0 Å². The summed E-state index contributed by atoms with van der Waals surface area (Å²) in [4.78, 5) is 22.5. The number of anilines is 1. The van der Waals surface area contributed by atoms with E-state index >= 15 is 0 Å². The van der Waals surface area contributed by atoms with E-state index in [9.17, 15) is 9.59 Å². The summed E-state index contributed by atoms with van der Waals surface area (Å²) in [5.41, 5.74) is 1.11. The van der Waals surface area contributed by atoms with Crippen LogP contribution >= 0.6 is 15.9 Å². The maximum Gasteiger partial charge on any atom is 0.303 e. The van der Waals surface area contributed by atoms with Crippen molar-refractivity contribution in [1.29, 1.82) is 0 Å². The summed E-state index contributed by atoms with van der Waals surface area (Å²) < 4.78 is 2.33. The van der Waals surface area contributed by atoms with E-state index in [4.69, 9.17) is 5.11 Å². The number of hydrogen-bond donors (Lipinski definition) is 2. The molecule has 0 fully saturated rings. The van der Waals surface area contributed by atoms with Gasteiger partial charge in [0, 0.05) is 23.6 Å². The SMILES string of the molecule is O=C(O)CCCn1cc(NC(=O)c2ccccc2Br)cn1. The maximum atomic E-state index is 12.1. The fraction of sp³-hybridized carbons (Fsp3) is 0.214. The molecule has 0 spiro atoms. The van der Waals surface area contributed by atoms with Crippen molar-refractivity contribution in [2.45, 2.75) is 19.4 Å². The number of hydrogen-bond acceptors (Lipinski definition) is 3. The summed E-state index contributed by atoms with van der Waals surface area (Å²) in [5.74, 6) is -1.06. The van der Waals surface area contributed by atoms with Gasteiger partial charge in [0.2, 0.25) is 0 Å². The van der Waals surface area contributed by atoms with E-state index in [0.29, 0.717) is 24.2 Å². The van der Waals surface area contributed by atoms with Crippen molar-refractivity contribution < 1.29 is 14.7 Å². The molecular formula is C14H14BrN3O3. The fourth-order valence-electron chi connectivity index (χ4n) is 1.79. The lowest BCUT2D eigenvalue weighted by Gasteiger charge is -2.04. The van der Waals surface area contributed by atoms with E-state index in [1.165, 1.54) is 6.20 Å². The Balaban J connectivity index is 1.95. The molecule has 2 N–H and O–H groups in total. The Kier molecular flexibility index (Phi) is 5.10. The van der Waals surface area contributed by atoms with Crippen LogP contribution in [0.2, 0.25) is 0 Å². The molecule has 2 aromatic rings. The minimum Gasteiger partial charge on any atom is -0.481 e. The Morgan fingerprint density at radius 2 is 2.10 bits per heavy atom. The molecule has 1 aromatic carbocycles. The minimum absolute atomic E-state index is 0.0957. The summed E-state index contributed by atoms with van der Waals surface area (Å²) in [5, 5.41) is 15.4. The number of halogens is 1. The molecule has 0 saturated heterocycles. The highest BCUT2D eigenvalue weighted by Gasteiger charge is 2.10. The first-order valence-corrected chi connectivity index (χ1v) is 7.15.